The number of allylic oxidation sites excluding steroid dienone is 20. The third-order valence-electron chi connectivity index (χ3n) is 18.0. The maximum Gasteiger partial charge on any atom is 0.472 e. The Morgan fingerprint density at radius 2 is 0.582 bits per heavy atom. The van der Waals surface area contributed by atoms with Crippen molar-refractivity contribution < 1.29 is 42.1 Å². The molecule has 2 atom stereocenters. The number of likely N-dealkylation sites (N-methyl/N-ethyl adjacent to an activating group) is 1. The highest BCUT2D eigenvalue weighted by atomic mass is 31.2. The van der Waals surface area contributed by atoms with Gasteiger partial charge in [0.25, 0.3) is 0 Å². The summed E-state index contributed by atoms with van der Waals surface area (Å²) in [6.45, 7) is 4.36. The van der Waals surface area contributed by atoms with Crippen LogP contribution in [0.25, 0.3) is 0 Å². The molecule has 98 heavy (non-hydrogen) atoms. The Morgan fingerprint density at radius 3 is 0.878 bits per heavy atom. The monoisotopic (exact) mass is 1390 g/mol. The van der Waals surface area contributed by atoms with Crippen LogP contribution in [0.15, 0.2) is 122 Å². The van der Waals surface area contributed by atoms with Gasteiger partial charge in [-0.05, 0) is 109 Å². The van der Waals surface area contributed by atoms with Crippen molar-refractivity contribution >= 4 is 19.8 Å². The molecule has 0 heterocycles. The lowest BCUT2D eigenvalue weighted by atomic mass is 10.0. The molecule has 0 aromatic heterocycles. The molecule has 0 saturated heterocycles. The molecule has 2 unspecified atom stereocenters. The van der Waals surface area contributed by atoms with Gasteiger partial charge >= 0.3 is 19.8 Å². The van der Waals surface area contributed by atoms with E-state index in [1.165, 1.54) is 238 Å². The van der Waals surface area contributed by atoms with Crippen molar-refractivity contribution in [3.63, 3.8) is 0 Å². The SMILES string of the molecule is CC/C=C\C/C=C\C/C=C\C/C=C\C/C=C\C/C=C\C/C=C\C/C=C\C/C=C\CCCCCCCCCCCCCC(=O)OC(COC(=O)CCCCCCCCCCCCCCCCCCCCCCCCC/C=C\CCCCCCCCCC)COP(=O)(O)OCC[N+](C)(C)C. The highest BCUT2D eigenvalue weighted by Gasteiger charge is 2.27. The van der Waals surface area contributed by atoms with Gasteiger partial charge in [0.2, 0.25) is 0 Å². The van der Waals surface area contributed by atoms with Gasteiger partial charge in [-0.25, -0.2) is 4.57 Å². The molecule has 0 aliphatic rings. The second-order valence-electron chi connectivity index (χ2n) is 28.8. The number of ether oxygens (including phenoxy) is 2. The zero-order valence-corrected chi connectivity index (χ0v) is 65.6. The van der Waals surface area contributed by atoms with Crippen LogP contribution in [-0.4, -0.2) is 74.9 Å². The van der Waals surface area contributed by atoms with E-state index in [2.05, 4.69) is 135 Å². The molecule has 0 radical (unpaired) electrons. The Hall–Kier alpha value is -3.59. The van der Waals surface area contributed by atoms with Crippen molar-refractivity contribution in [1.29, 1.82) is 0 Å². The number of phosphoric ester groups is 1. The molecular formula is C88H157NO8P+. The van der Waals surface area contributed by atoms with Crippen molar-refractivity contribution in [1.82, 2.24) is 0 Å². The summed E-state index contributed by atoms with van der Waals surface area (Å²) < 4.78 is 34.8. The predicted molar refractivity (Wildman–Crippen MR) is 427 cm³/mol. The Morgan fingerprint density at radius 1 is 0.327 bits per heavy atom. The van der Waals surface area contributed by atoms with Crippen molar-refractivity contribution in [3.8, 4) is 0 Å². The third-order valence-corrected chi connectivity index (χ3v) is 19.0. The molecule has 0 aromatic carbocycles. The Labute approximate surface area is 607 Å². The first-order valence-electron chi connectivity index (χ1n) is 41.3. The zero-order valence-electron chi connectivity index (χ0n) is 64.8. The van der Waals surface area contributed by atoms with E-state index in [-0.39, 0.29) is 32.0 Å². The first-order valence-corrected chi connectivity index (χ1v) is 42.8. The molecule has 1 N–H and O–H groups in total. The minimum Gasteiger partial charge on any atom is -0.462 e. The maximum atomic E-state index is 12.9. The van der Waals surface area contributed by atoms with Gasteiger partial charge in [-0.1, -0.05) is 373 Å². The fourth-order valence-corrected chi connectivity index (χ4v) is 12.5. The summed E-state index contributed by atoms with van der Waals surface area (Å²) >= 11 is 0. The van der Waals surface area contributed by atoms with Crippen LogP contribution in [0.5, 0.6) is 0 Å². The summed E-state index contributed by atoms with van der Waals surface area (Å²) in [5, 5.41) is 0. The standard InChI is InChI=1S/C88H156NO8P/c1-6-8-10-12-14-16-18-20-22-24-26-28-30-32-34-36-38-40-42-43-44-45-47-49-51-53-55-57-59-61-63-65-67-69-71-73-75-77-79-81-88(91)97-86(85-96-98(92,93)95-83-82-89(3,4)5)84-94-87(90)80-78-76-74-72-70-68-66-64-62-60-58-56-54-52-50-48-46-41-39-37-35-33-31-29-27-25-23-21-19-17-15-13-11-9-7-2/h8,10,14,16,20,22,25-28,32,34,38,40,43-44,47,49,53,55,86H,6-7,9,11-13,15,17-19,21,23-24,29-31,33,35-37,39,41-42,45-46,48,50-52,54,56-85H2,1-5H3/p+1/b10-8-,16-14-,22-20-,27-25-,28-26-,34-32-,40-38-,44-43-,49-47-,55-53-. The largest absolute Gasteiger partial charge is 0.472 e. The van der Waals surface area contributed by atoms with E-state index in [1.807, 2.05) is 21.1 Å². The van der Waals surface area contributed by atoms with Gasteiger partial charge in [0.15, 0.2) is 6.10 Å². The number of hydrogen-bond donors (Lipinski definition) is 1. The number of rotatable bonds is 76. The maximum absolute atomic E-state index is 12.9. The number of hydrogen-bond acceptors (Lipinski definition) is 7. The number of quaternary nitrogens is 1. The lowest BCUT2D eigenvalue weighted by molar-refractivity contribution is -0.870. The molecule has 566 valence electrons. The van der Waals surface area contributed by atoms with Crippen LogP contribution in [0.4, 0.5) is 0 Å². The second-order valence-corrected chi connectivity index (χ2v) is 30.2. The first kappa shape index (κ1) is 94.4. The van der Waals surface area contributed by atoms with E-state index >= 15 is 0 Å². The Balaban J connectivity index is 3.98. The predicted octanol–water partition coefficient (Wildman–Crippen LogP) is 27.7. The lowest BCUT2D eigenvalue weighted by Crippen LogP contribution is -2.37. The van der Waals surface area contributed by atoms with Crippen LogP contribution >= 0.6 is 7.82 Å². The quantitative estimate of drug-likeness (QED) is 0.0211. The lowest BCUT2D eigenvalue weighted by Gasteiger charge is -2.24. The summed E-state index contributed by atoms with van der Waals surface area (Å²) in [6, 6.07) is 0. The molecule has 0 aliphatic heterocycles. The fourth-order valence-electron chi connectivity index (χ4n) is 11.7. The Kier molecular flexibility index (Phi) is 74.7. The molecule has 0 amide bonds. The van der Waals surface area contributed by atoms with Gasteiger partial charge in [-0.15, -0.1) is 0 Å². The highest BCUT2D eigenvalue weighted by molar-refractivity contribution is 7.47. The zero-order chi connectivity index (χ0) is 71.1. The average Bonchev–Trinajstić information content (AvgIpc) is 1.23. The van der Waals surface area contributed by atoms with Crippen molar-refractivity contribution in [2.45, 2.75) is 380 Å². The summed E-state index contributed by atoms with van der Waals surface area (Å²) in [6.07, 6.45) is 112. The van der Waals surface area contributed by atoms with E-state index < -0.39 is 26.5 Å². The van der Waals surface area contributed by atoms with Gasteiger partial charge in [0.1, 0.15) is 19.8 Å². The summed E-state index contributed by atoms with van der Waals surface area (Å²) in [7, 11) is 1.48. The van der Waals surface area contributed by atoms with Gasteiger partial charge in [0, 0.05) is 12.8 Å². The van der Waals surface area contributed by atoms with E-state index in [4.69, 9.17) is 18.5 Å². The van der Waals surface area contributed by atoms with Crippen molar-refractivity contribution in [3.05, 3.63) is 122 Å². The number of phosphoric acid groups is 1. The normalized spacial score (nSPS) is 13.7. The van der Waals surface area contributed by atoms with Gasteiger partial charge in [0.05, 0.1) is 27.7 Å². The molecule has 0 aromatic rings. The molecule has 0 rings (SSSR count). The highest BCUT2D eigenvalue weighted by Crippen LogP contribution is 2.43. The molecule has 0 aliphatic carbocycles. The summed E-state index contributed by atoms with van der Waals surface area (Å²) in [5.74, 6) is -0.790. The van der Waals surface area contributed by atoms with E-state index in [0.717, 1.165) is 103 Å². The first-order chi connectivity index (χ1) is 48.0. The van der Waals surface area contributed by atoms with Crippen LogP contribution in [-0.2, 0) is 32.7 Å². The van der Waals surface area contributed by atoms with E-state index in [9.17, 15) is 19.0 Å². The van der Waals surface area contributed by atoms with Crippen LogP contribution in [0.2, 0.25) is 0 Å². The average molecular weight is 1390 g/mol. The van der Waals surface area contributed by atoms with E-state index in [1.54, 1.807) is 0 Å². The van der Waals surface area contributed by atoms with Crippen LogP contribution in [0, 0.1) is 0 Å². The van der Waals surface area contributed by atoms with Gasteiger partial charge in [-0.3, -0.25) is 18.6 Å². The van der Waals surface area contributed by atoms with Crippen molar-refractivity contribution in [2.24, 2.45) is 0 Å². The van der Waals surface area contributed by atoms with Gasteiger partial charge < -0.3 is 18.9 Å². The molecule has 10 heteroatoms. The Bertz CT molecular complexity index is 2070. The minimum absolute atomic E-state index is 0.0283. The molecule has 0 bridgehead atoms. The molecule has 0 spiro atoms. The topological polar surface area (TPSA) is 108 Å². The molecule has 0 saturated carbocycles. The third kappa shape index (κ3) is 81.4. The van der Waals surface area contributed by atoms with Crippen LogP contribution < -0.4 is 0 Å². The second kappa shape index (κ2) is 77.6. The smallest absolute Gasteiger partial charge is 0.462 e. The molecular weight excluding hydrogens is 1230 g/mol. The van der Waals surface area contributed by atoms with Crippen LogP contribution in [0.1, 0.15) is 373 Å². The minimum atomic E-state index is -4.40. The summed E-state index contributed by atoms with van der Waals surface area (Å²) in [5.41, 5.74) is 0. The number of esters is 2. The van der Waals surface area contributed by atoms with Gasteiger partial charge in [-0.2, -0.15) is 0 Å². The summed E-state index contributed by atoms with van der Waals surface area (Å²) in [4.78, 5) is 36.0. The van der Waals surface area contributed by atoms with Crippen molar-refractivity contribution in [2.75, 3.05) is 47.5 Å². The number of nitrogens with zero attached hydrogens (tertiary/aromatic N) is 1. The number of unbranched alkanes of at least 4 members (excludes halogenated alkanes) is 42. The van der Waals surface area contributed by atoms with Crippen LogP contribution in [0.3, 0.4) is 0 Å². The fraction of sp³-hybridized carbons (Fsp3) is 0.750. The molecule has 9 nitrogen and oxygen atoms in total. The number of carbonyl (C=O) groups is 2. The molecule has 0 fully saturated rings. The number of carbonyl (C=O) groups excluding carboxylic acids is 2. The van der Waals surface area contributed by atoms with E-state index in [0.29, 0.717) is 17.4 Å².